The first-order valence-electron chi connectivity index (χ1n) is 6.38. The SMILES string of the molecule is CNC1CCCc2sc(-c3ccc(O)c(O)c3)nc21. The minimum Gasteiger partial charge on any atom is -0.504 e. The normalized spacial score (nSPS) is 18.3. The smallest absolute Gasteiger partial charge is 0.158 e. The van der Waals surface area contributed by atoms with Gasteiger partial charge in [-0.1, -0.05) is 0 Å². The molecular formula is C14H16N2O2S. The highest BCUT2D eigenvalue weighted by molar-refractivity contribution is 7.15. The van der Waals surface area contributed by atoms with Crippen LogP contribution < -0.4 is 5.32 Å². The Kier molecular flexibility index (Phi) is 3.16. The Morgan fingerprint density at radius 2 is 2.16 bits per heavy atom. The average molecular weight is 276 g/mol. The molecule has 0 amide bonds. The van der Waals surface area contributed by atoms with Gasteiger partial charge in [-0.2, -0.15) is 0 Å². The summed E-state index contributed by atoms with van der Waals surface area (Å²) in [6, 6.07) is 5.18. The largest absolute Gasteiger partial charge is 0.504 e. The summed E-state index contributed by atoms with van der Waals surface area (Å²) in [4.78, 5) is 6.03. The maximum absolute atomic E-state index is 9.58. The van der Waals surface area contributed by atoms with Gasteiger partial charge in [0.1, 0.15) is 5.01 Å². The van der Waals surface area contributed by atoms with E-state index in [9.17, 15) is 10.2 Å². The Balaban J connectivity index is 2.02. The van der Waals surface area contributed by atoms with Gasteiger partial charge in [-0.05, 0) is 44.5 Å². The van der Waals surface area contributed by atoms with Crippen molar-refractivity contribution in [3.05, 3.63) is 28.8 Å². The topological polar surface area (TPSA) is 65.4 Å². The van der Waals surface area contributed by atoms with Gasteiger partial charge in [0.05, 0.1) is 11.7 Å². The third kappa shape index (κ3) is 2.19. The standard InChI is InChI=1S/C14H16N2O2S/c1-15-9-3-2-4-12-13(9)16-14(19-12)8-5-6-10(17)11(18)7-8/h5-7,9,15,17-18H,2-4H2,1H3. The minimum atomic E-state index is -0.101. The molecule has 1 aliphatic carbocycles. The van der Waals surface area contributed by atoms with Gasteiger partial charge in [-0.3, -0.25) is 0 Å². The van der Waals surface area contributed by atoms with Crippen molar-refractivity contribution in [1.82, 2.24) is 10.3 Å². The van der Waals surface area contributed by atoms with E-state index in [1.165, 1.54) is 17.4 Å². The summed E-state index contributed by atoms with van der Waals surface area (Å²) in [7, 11) is 1.96. The predicted octanol–water partition coefficient (Wildman–Crippen LogP) is 2.82. The van der Waals surface area contributed by atoms with Crippen molar-refractivity contribution in [2.45, 2.75) is 25.3 Å². The molecule has 1 heterocycles. The van der Waals surface area contributed by atoms with Crippen LogP contribution in [0.4, 0.5) is 0 Å². The molecule has 2 aromatic rings. The van der Waals surface area contributed by atoms with Crippen LogP contribution in [0.5, 0.6) is 11.5 Å². The van der Waals surface area contributed by atoms with Crippen molar-refractivity contribution in [2.75, 3.05) is 7.05 Å². The first-order chi connectivity index (χ1) is 9.19. The minimum absolute atomic E-state index is 0.0989. The van der Waals surface area contributed by atoms with E-state index in [2.05, 4.69) is 5.32 Å². The molecule has 1 aromatic heterocycles. The Hall–Kier alpha value is -1.59. The van der Waals surface area contributed by atoms with Crippen LogP contribution in [-0.2, 0) is 6.42 Å². The zero-order chi connectivity index (χ0) is 13.4. The van der Waals surface area contributed by atoms with Crippen LogP contribution in [0.1, 0.15) is 29.5 Å². The number of aromatic nitrogens is 1. The number of nitrogens with one attached hydrogen (secondary N) is 1. The fourth-order valence-corrected chi connectivity index (χ4v) is 3.64. The number of aromatic hydroxyl groups is 2. The van der Waals surface area contributed by atoms with Crippen LogP contribution in [0.3, 0.4) is 0 Å². The molecule has 1 unspecified atom stereocenters. The summed E-state index contributed by atoms with van der Waals surface area (Å²) in [5.74, 6) is -0.200. The molecule has 19 heavy (non-hydrogen) atoms. The van der Waals surface area contributed by atoms with Gasteiger partial charge < -0.3 is 15.5 Å². The number of hydrogen-bond acceptors (Lipinski definition) is 5. The van der Waals surface area contributed by atoms with Crippen molar-refractivity contribution < 1.29 is 10.2 Å². The van der Waals surface area contributed by atoms with E-state index >= 15 is 0 Å². The van der Waals surface area contributed by atoms with Crippen molar-refractivity contribution in [3.63, 3.8) is 0 Å². The van der Waals surface area contributed by atoms with E-state index in [1.54, 1.807) is 23.5 Å². The maximum Gasteiger partial charge on any atom is 0.158 e. The molecule has 0 fully saturated rings. The van der Waals surface area contributed by atoms with Crippen molar-refractivity contribution in [1.29, 1.82) is 0 Å². The molecule has 100 valence electrons. The van der Waals surface area contributed by atoms with Gasteiger partial charge >= 0.3 is 0 Å². The number of nitrogens with zero attached hydrogens (tertiary/aromatic N) is 1. The molecule has 0 bridgehead atoms. The van der Waals surface area contributed by atoms with Gasteiger partial charge in [0.25, 0.3) is 0 Å². The summed E-state index contributed by atoms with van der Waals surface area (Å²) in [6.45, 7) is 0. The zero-order valence-corrected chi connectivity index (χ0v) is 11.5. The summed E-state index contributed by atoms with van der Waals surface area (Å²) >= 11 is 1.68. The van der Waals surface area contributed by atoms with Gasteiger partial charge in [0.2, 0.25) is 0 Å². The van der Waals surface area contributed by atoms with E-state index in [4.69, 9.17) is 4.98 Å². The quantitative estimate of drug-likeness (QED) is 0.738. The Morgan fingerprint density at radius 1 is 1.32 bits per heavy atom. The van der Waals surface area contributed by atoms with Crippen LogP contribution in [0.2, 0.25) is 0 Å². The highest BCUT2D eigenvalue weighted by atomic mass is 32.1. The van der Waals surface area contributed by atoms with E-state index in [0.29, 0.717) is 6.04 Å². The fraction of sp³-hybridized carbons (Fsp3) is 0.357. The van der Waals surface area contributed by atoms with Crippen molar-refractivity contribution >= 4 is 11.3 Å². The zero-order valence-electron chi connectivity index (χ0n) is 10.7. The molecule has 3 N–H and O–H groups in total. The molecule has 0 spiro atoms. The summed E-state index contributed by atoms with van der Waals surface area (Å²) in [5, 5.41) is 23.1. The van der Waals surface area contributed by atoms with Gasteiger partial charge in [-0.15, -0.1) is 11.3 Å². The molecule has 5 heteroatoms. The molecule has 1 aromatic carbocycles. The third-order valence-electron chi connectivity index (χ3n) is 3.53. The Labute approximate surface area is 115 Å². The molecule has 1 atom stereocenters. The molecule has 0 radical (unpaired) electrons. The molecule has 4 nitrogen and oxygen atoms in total. The van der Waals surface area contributed by atoms with Crippen molar-refractivity contribution in [2.24, 2.45) is 0 Å². The van der Waals surface area contributed by atoms with Crippen LogP contribution in [0.15, 0.2) is 18.2 Å². The van der Waals surface area contributed by atoms with E-state index in [0.717, 1.165) is 29.1 Å². The number of rotatable bonds is 2. The summed E-state index contributed by atoms with van der Waals surface area (Å²) < 4.78 is 0. The molecule has 0 saturated carbocycles. The van der Waals surface area contributed by atoms with Crippen LogP contribution >= 0.6 is 11.3 Å². The maximum atomic E-state index is 9.58. The monoisotopic (exact) mass is 276 g/mol. The predicted molar refractivity (Wildman–Crippen MR) is 75.6 cm³/mol. The lowest BCUT2D eigenvalue weighted by Crippen LogP contribution is -2.21. The van der Waals surface area contributed by atoms with E-state index < -0.39 is 0 Å². The Morgan fingerprint density at radius 3 is 2.89 bits per heavy atom. The number of fused-ring (bicyclic) bond motifs is 1. The van der Waals surface area contributed by atoms with Gasteiger partial charge in [0, 0.05) is 10.4 Å². The lowest BCUT2D eigenvalue weighted by atomic mass is 9.98. The van der Waals surface area contributed by atoms with E-state index in [1.807, 2.05) is 7.05 Å². The van der Waals surface area contributed by atoms with Crippen LogP contribution in [0, 0.1) is 0 Å². The Bertz CT molecular complexity index is 609. The summed E-state index contributed by atoms with van der Waals surface area (Å²) in [5.41, 5.74) is 1.99. The second kappa shape index (κ2) is 4.83. The summed E-state index contributed by atoms with van der Waals surface area (Å²) in [6.07, 6.45) is 3.38. The van der Waals surface area contributed by atoms with Crippen LogP contribution in [-0.4, -0.2) is 22.2 Å². The van der Waals surface area contributed by atoms with E-state index in [-0.39, 0.29) is 11.5 Å². The second-order valence-electron chi connectivity index (χ2n) is 4.76. The highest BCUT2D eigenvalue weighted by Crippen LogP contribution is 2.38. The molecule has 0 aliphatic heterocycles. The number of phenols is 2. The van der Waals surface area contributed by atoms with Gasteiger partial charge in [-0.25, -0.2) is 4.98 Å². The van der Waals surface area contributed by atoms with Crippen LogP contribution in [0.25, 0.3) is 10.6 Å². The lowest BCUT2D eigenvalue weighted by molar-refractivity contribution is 0.404. The number of phenolic OH excluding ortho intramolecular Hbond substituents is 2. The molecular weight excluding hydrogens is 260 g/mol. The highest BCUT2D eigenvalue weighted by Gasteiger charge is 2.23. The second-order valence-corrected chi connectivity index (χ2v) is 5.85. The lowest BCUT2D eigenvalue weighted by Gasteiger charge is -2.19. The first-order valence-corrected chi connectivity index (χ1v) is 7.20. The number of thiazole rings is 1. The van der Waals surface area contributed by atoms with Crippen molar-refractivity contribution in [3.8, 4) is 22.1 Å². The third-order valence-corrected chi connectivity index (χ3v) is 4.71. The number of aryl methyl sites for hydroxylation is 1. The average Bonchev–Trinajstić information content (AvgIpc) is 2.85. The molecule has 3 rings (SSSR count). The molecule has 0 saturated heterocycles. The number of benzene rings is 1. The number of hydrogen-bond donors (Lipinski definition) is 3. The molecule has 1 aliphatic rings. The first kappa shape index (κ1) is 12.4. The van der Waals surface area contributed by atoms with Gasteiger partial charge in [0.15, 0.2) is 11.5 Å². The fourth-order valence-electron chi connectivity index (χ4n) is 2.48.